The Kier molecular flexibility index (Phi) is 9.42. The fraction of sp³-hybridized carbons (Fsp3) is 0. The zero-order chi connectivity index (χ0) is 35.0. The van der Waals surface area contributed by atoms with E-state index >= 15 is 0 Å². The van der Waals surface area contributed by atoms with Gasteiger partial charge in [-0.1, -0.05) is 0 Å². The maximum Gasteiger partial charge on any atom is 0.134 e. The van der Waals surface area contributed by atoms with Gasteiger partial charge in [0, 0.05) is 18.2 Å². The lowest BCUT2D eigenvalue weighted by Crippen LogP contribution is -1.92. The van der Waals surface area contributed by atoms with Crippen LogP contribution in [-0.4, -0.2) is 15.3 Å². The number of benzene rings is 7. The van der Waals surface area contributed by atoms with Gasteiger partial charge in [0.1, 0.15) is 86.2 Å². The van der Waals surface area contributed by atoms with Gasteiger partial charge >= 0.3 is 0 Å². The summed E-state index contributed by atoms with van der Waals surface area (Å²) in [4.78, 5) is 0. The molecule has 0 atom stereocenters. The standard InChI is InChI=1S/C42H30O9/c43-28-1-7-31(8-2-28)46-34-13-19-37(20-14-34)49-40-25-41(50-38-21-15-35(16-22-38)47-32-9-3-29(44)4-10-32)27-42(26-40)51-39-23-17-36(18-24-39)48-33-11-5-30(45)6-12-33/h1-27,43-45H. The van der Waals surface area contributed by atoms with Crippen molar-refractivity contribution in [3.63, 3.8) is 0 Å². The zero-order valence-corrected chi connectivity index (χ0v) is 26.9. The Morgan fingerprint density at radius 2 is 0.333 bits per heavy atom. The topological polar surface area (TPSA) is 116 Å². The van der Waals surface area contributed by atoms with E-state index in [1.807, 2.05) is 0 Å². The van der Waals surface area contributed by atoms with Gasteiger partial charge in [-0.25, -0.2) is 0 Å². The van der Waals surface area contributed by atoms with E-state index in [9.17, 15) is 15.3 Å². The van der Waals surface area contributed by atoms with Crippen LogP contribution in [0.2, 0.25) is 0 Å². The van der Waals surface area contributed by atoms with Crippen molar-refractivity contribution in [1.82, 2.24) is 0 Å². The Balaban J connectivity index is 1.08. The third-order valence-electron chi connectivity index (χ3n) is 7.25. The molecule has 0 radical (unpaired) electrons. The zero-order valence-electron chi connectivity index (χ0n) is 26.9. The highest BCUT2D eigenvalue weighted by atomic mass is 16.5. The number of aromatic hydroxyl groups is 3. The van der Waals surface area contributed by atoms with Crippen LogP contribution in [0, 0.1) is 0 Å². The molecule has 9 nitrogen and oxygen atoms in total. The van der Waals surface area contributed by atoms with Crippen LogP contribution in [0.15, 0.2) is 164 Å². The van der Waals surface area contributed by atoms with Gasteiger partial charge in [0.2, 0.25) is 0 Å². The van der Waals surface area contributed by atoms with Crippen molar-refractivity contribution >= 4 is 0 Å². The molecule has 0 bridgehead atoms. The van der Waals surface area contributed by atoms with Crippen molar-refractivity contribution in [3.05, 3.63) is 164 Å². The normalized spacial score (nSPS) is 10.6. The molecule has 0 aromatic heterocycles. The van der Waals surface area contributed by atoms with Crippen molar-refractivity contribution in [2.75, 3.05) is 0 Å². The molecular weight excluding hydrogens is 648 g/mol. The second kappa shape index (κ2) is 14.9. The summed E-state index contributed by atoms with van der Waals surface area (Å²) in [5.41, 5.74) is 0. The number of phenolic OH excluding ortho intramolecular Hbond substituents is 3. The summed E-state index contributed by atoms with van der Waals surface area (Å²) in [7, 11) is 0. The number of ether oxygens (including phenoxy) is 6. The first-order valence-electron chi connectivity index (χ1n) is 15.8. The van der Waals surface area contributed by atoms with Gasteiger partial charge < -0.3 is 43.7 Å². The van der Waals surface area contributed by atoms with Crippen molar-refractivity contribution in [3.8, 4) is 86.2 Å². The number of phenols is 3. The molecular formula is C42H30O9. The number of rotatable bonds is 12. The maximum absolute atomic E-state index is 9.53. The Labute approximate surface area is 293 Å². The van der Waals surface area contributed by atoms with Crippen LogP contribution in [0.3, 0.4) is 0 Å². The second-order valence-electron chi connectivity index (χ2n) is 11.1. The molecule has 0 saturated carbocycles. The van der Waals surface area contributed by atoms with E-state index in [4.69, 9.17) is 28.4 Å². The highest BCUT2D eigenvalue weighted by molar-refractivity contribution is 5.49. The first-order chi connectivity index (χ1) is 24.9. The van der Waals surface area contributed by atoms with E-state index in [1.165, 1.54) is 0 Å². The molecule has 0 heterocycles. The molecule has 0 saturated heterocycles. The highest BCUT2D eigenvalue weighted by Crippen LogP contribution is 2.37. The minimum absolute atomic E-state index is 0.161. The average Bonchev–Trinajstić information content (AvgIpc) is 3.14. The second-order valence-corrected chi connectivity index (χ2v) is 11.1. The van der Waals surface area contributed by atoms with E-state index in [2.05, 4.69) is 0 Å². The molecule has 51 heavy (non-hydrogen) atoms. The smallest absolute Gasteiger partial charge is 0.134 e. The van der Waals surface area contributed by atoms with Gasteiger partial charge in [-0.2, -0.15) is 0 Å². The first-order valence-corrected chi connectivity index (χ1v) is 15.8. The predicted octanol–water partition coefficient (Wildman–Crippen LogP) is 11.6. The first kappa shape index (κ1) is 32.3. The third-order valence-corrected chi connectivity index (χ3v) is 7.25. The summed E-state index contributed by atoms with van der Waals surface area (Å²) in [6.45, 7) is 0. The molecule has 0 amide bonds. The molecule has 252 valence electrons. The largest absolute Gasteiger partial charge is 0.508 e. The van der Waals surface area contributed by atoms with Crippen LogP contribution in [0.5, 0.6) is 86.2 Å². The molecule has 7 aromatic carbocycles. The maximum atomic E-state index is 9.53. The van der Waals surface area contributed by atoms with Gasteiger partial charge in [0.15, 0.2) is 0 Å². The summed E-state index contributed by atoms with van der Waals surface area (Å²) >= 11 is 0. The monoisotopic (exact) mass is 678 g/mol. The molecule has 0 aliphatic carbocycles. The lowest BCUT2D eigenvalue weighted by atomic mass is 10.2. The van der Waals surface area contributed by atoms with E-state index in [0.717, 1.165) is 0 Å². The van der Waals surface area contributed by atoms with Gasteiger partial charge in [-0.15, -0.1) is 0 Å². The third kappa shape index (κ3) is 9.01. The van der Waals surface area contributed by atoms with Crippen LogP contribution in [0.25, 0.3) is 0 Å². The van der Waals surface area contributed by atoms with Crippen LogP contribution < -0.4 is 28.4 Å². The Morgan fingerprint density at radius 3 is 0.510 bits per heavy atom. The minimum Gasteiger partial charge on any atom is -0.508 e. The van der Waals surface area contributed by atoms with Crippen LogP contribution >= 0.6 is 0 Å². The molecule has 7 aromatic rings. The number of hydrogen-bond donors (Lipinski definition) is 3. The van der Waals surface area contributed by atoms with Gasteiger partial charge in [-0.05, 0) is 146 Å². The van der Waals surface area contributed by atoms with E-state index in [1.54, 1.807) is 164 Å². The minimum atomic E-state index is 0.161. The lowest BCUT2D eigenvalue weighted by molar-refractivity contribution is 0.436. The van der Waals surface area contributed by atoms with Crippen LogP contribution in [-0.2, 0) is 0 Å². The van der Waals surface area contributed by atoms with Crippen molar-refractivity contribution in [2.45, 2.75) is 0 Å². The van der Waals surface area contributed by atoms with Crippen LogP contribution in [0.4, 0.5) is 0 Å². The molecule has 0 fully saturated rings. The summed E-state index contributed by atoms with van der Waals surface area (Å²) in [6, 6.07) is 46.1. The number of hydrogen-bond acceptors (Lipinski definition) is 9. The molecule has 0 aliphatic heterocycles. The van der Waals surface area contributed by atoms with Gasteiger partial charge in [-0.3, -0.25) is 0 Å². The Morgan fingerprint density at radius 1 is 0.196 bits per heavy atom. The Hall–Kier alpha value is -7.26. The molecule has 7 rings (SSSR count). The summed E-state index contributed by atoms with van der Waals surface area (Å²) < 4.78 is 36.2. The molecule has 9 heteroatoms. The molecule has 0 spiro atoms. The molecule has 0 unspecified atom stereocenters. The SMILES string of the molecule is Oc1ccc(Oc2ccc(Oc3cc(Oc4ccc(Oc5ccc(O)cc5)cc4)cc(Oc4ccc(Oc5ccc(O)cc5)cc4)c3)cc2)cc1. The van der Waals surface area contributed by atoms with Crippen molar-refractivity contribution in [1.29, 1.82) is 0 Å². The molecule has 3 N–H and O–H groups in total. The van der Waals surface area contributed by atoms with Crippen LogP contribution in [0.1, 0.15) is 0 Å². The lowest BCUT2D eigenvalue weighted by Gasteiger charge is -2.14. The molecule has 0 aliphatic rings. The van der Waals surface area contributed by atoms with Gasteiger partial charge in [0.25, 0.3) is 0 Å². The summed E-state index contributed by atoms with van der Waals surface area (Å²) in [5.74, 6) is 7.14. The van der Waals surface area contributed by atoms with E-state index < -0.39 is 0 Å². The fourth-order valence-electron chi connectivity index (χ4n) is 4.81. The quantitative estimate of drug-likeness (QED) is 0.116. The van der Waals surface area contributed by atoms with Crippen molar-refractivity contribution in [2.24, 2.45) is 0 Å². The summed E-state index contributed by atoms with van der Waals surface area (Å²) in [6.07, 6.45) is 0. The fourth-order valence-corrected chi connectivity index (χ4v) is 4.81. The van der Waals surface area contributed by atoms with Gasteiger partial charge in [0.05, 0.1) is 0 Å². The van der Waals surface area contributed by atoms with Crippen molar-refractivity contribution < 1.29 is 43.7 Å². The highest BCUT2D eigenvalue weighted by Gasteiger charge is 2.10. The summed E-state index contributed by atoms with van der Waals surface area (Å²) in [5, 5.41) is 28.6. The van der Waals surface area contributed by atoms with E-state index in [0.29, 0.717) is 69.0 Å². The Bertz CT molecular complexity index is 1910. The van der Waals surface area contributed by atoms with E-state index in [-0.39, 0.29) is 17.2 Å². The predicted molar refractivity (Wildman–Crippen MR) is 191 cm³/mol. The average molecular weight is 679 g/mol.